The smallest absolute Gasteiger partial charge is 0.303 e. The van der Waals surface area contributed by atoms with Crippen LogP contribution in [-0.2, 0) is 14.3 Å². The molecule has 1 atom stereocenters. The van der Waals surface area contributed by atoms with Gasteiger partial charge in [-0.2, -0.15) is 5.10 Å². The van der Waals surface area contributed by atoms with Crippen molar-refractivity contribution in [2.45, 2.75) is 20.0 Å². The summed E-state index contributed by atoms with van der Waals surface area (Å²) in [7, 11) is 3.68. The number of fused-ring (bicyclic) bond motifs is 1. The first-order valence-corrected chi connectivity index (χ1v) is 11.1. The van der Waals surface area contributed by atoms with Crippen LogP contribution in [0.5, 0.6) is 0 Å². The number of aromatic nitrogens is 4. The van der Waals surface area contributed by atoms with E-state index in [1.807, 2.05) is 21.0 Å². The van der Waals surface area contributed by atoms with Gasteiger partial charge in [-0.3, -0.25) is 9.59 Å². The van der Waals surface area contributed by atoms with Crippen LogP contribution in [0.4, 0.5) is 20.3 Å². The van der Waals surface area contributed by atoms with Crippen molar-refractivity contribution in [1.29, 1.82) is 0 Å². The van der Waals surface area contributed by atoms with E-state index in [4.69, 9.17) is 4.74 Å². The number of hydrogen-bond acceptors (Lipinski definition) is 7. The minimum atomic E-state index is -1.55. The third-order valence-corrected chi connectivity index (χ3v) is 5.15. The van der Waals surface area contributed by atoms with Crippen molar-refractivity contribution in [3.63, 3.8) is 0 Å². The van der Waals surface area contributed by atoms with Gasteiger partial charge in [0, 0.05) is 38.3 Å². The summed E-state index contributed by atoms with van der Waals surface area (Å²) in [5, 5.41) is 7.07. The fraction of sp³-hybridized carbons (Fsp3) is 0.200. The van der Waals surface area contributed by atoms with Gasteiger partial charge in [-0.15, -0.1) is 0 Å². The van der Waals surface area contributed by atoms with E-state index in [-0.39, 0.29) is 5.56 Å². The molecule has 0 saturated heterocycles. The quantitative estimate of drug-likeness (QED) is 0.229. The molecule has 37 heavy (non-hydrogen) atoms. The van der Waals surface area contributed by atoms with Gasteiger partial charge in [0.05, 0.1) is 18.2 Å². The number of halogens is 2. The summed E-state index contributed by atoms with van der Waals surface area (Å²) in [6.07, 6.45) is 3.08. The van der Waals surface area contributed by atoms with Gasteiger partial charge in [0.25, 0.3) is 5.91 Å². The van der Waals surface area contributed by atoms with E-state index < -0.39 is 29.6 Å². The Morgan fingerprint density at radius 3 is 2.51 bits per heavy atom. The van der Waals surface area contributed by atoms with Gasteiger partial charge in [0.2, 0.25) is 6.10 Å². The molecule has 2 aromatic carbocycles. The van der Waals surface area contributed by atoms with Crippen molar-refractivity contribution in [3.8, 4) is 5.69 Å². The maximum atomic E-state index is 13.7. The average Bonchev–Trinajstić information content (AvgIpc) is 3.25. The predicted octanol–water partition coefficient (Wildman–Crippen LogP) is 3.87. The fourth-order valence-corrected chi connectivity index (χ4v) is 3.64. The van der Waals surface area contributed by atoms with Crippen LogP contribution >= 0.6 is 0 Å². The lowest BCUT2D eigenvalue weighted by Crippen LogP contribution is -2.25. The van der Waals surface area contributed by atoms with E-state index in [1.165, 1.54) is 6.33 Å². The molecule has 0 spiro atoms. The number of aliphatic imine (C=N–C) groups is 1. The molecule has 2 aromatic heterocycles. The molecule has 1 N–H and O–H groups in total. The highest BCUT2D eigenvalue weighted by molar-refractivity contribution is 5.96. The second-order valence-corrected chi connectivity index (χ2v) is 8.38. The number of carbonyl (C=O) groups excluding carboxylic acids is 2. The number of ether oxygens (including phenoxy) is 1. The fourth-order valence-electron chi connectivity index (χ4n) is 3.64. The molecule has 4 aromatic rings. The van der Waals surface area contributed by atoms with Crippen LogP contribution in [0.2, 0.25) is 0 Å². The molecule has 4 rings (SSSR count). The summed E-state index contributed by atoms with van der Waals surface area (Å²) in [5.74, 6) is -2.92. The Bertz CT molecular complexity index is 1500. The normalized spacial score (nSPS) is 12.1. The molecule has 12 heteroatoms. The molecule has 0 aliphatic heterocycles. The monoisotopic (exact) mass is 507 g/mol. The number of benzene rings is 2. The van der Waals surface area contributed by atoms with E-state index >= 15 is 0 Å². The predicted molar refractivity (Wildman–Crippen MR) is 133 cm³/mol. The molecule has 0 saturated carbocycles. The molecule has 10 nitrogen and oxygen atoms in total. The molecule has 0 bridgehead atoms. The van der Waals surface area contributed by atoms with Crippen molar-refractivity contribution in [1.82, 2.24) is 24.6 Å². The maximum absolute atomic E-state index is 13.7. The van der Waals surface area contributed by atoms with Crippen LogP contribution in [0, 0.1) is 18.6 Å². The third kappa shape index (κ3) is 5.74. The van der Waals surface area contributed by atoms with Crippen LogP contribution < -0.4 is 5.32 Å². The van der Waals surface area contributed by atoms with Gasteiger partial charge in [-0.05, 0) is 42.8 Å². The zero-order chi connectivity index (χ0) is 26.7. The van der Waals surface area contributed by atoms with Gasteiger partial charge in [0.15, 0.2) is 5.82 Å². The van der Waals surface area contributed by atoms with Gasteiger partial charge in [-0.25, -0.2) is 28.4 Å². The third-order valence-electron chi connectivity index (χ3n) is 5.15. The number of hydrogen-bond donors (Lipinski definition) is 1. The second-order valence-electron chi connectivity index (χ2n) is 8.38. The number of esters is 1. The van der Waals surface area contributed by atoms with Gasteiger partial charge in [-0.1, -0.05) is 0 Å². The summed E-state index contributed by atoms with van der Waals surface area (Å²) >= 11 is 0. The molecule has 0 unspecified atom stereocenters. The van der Waals surface area contributed by atoms with E-state index in [0.717, 1.165) is 24.6 Å². The highest BCUT2D eigenvalue weighted by Gasteiger charge is 2.25. The SMILES string of the molecule is CC(=O)O[C@@H](C(=O)Nc1ccc(-n2ncc3ncnc(N=CN(C)C)c32)c(C)c1)c1cc(F)cc(F)c1. The largest absolute Gasteiger partial charge is 0.447 e. The van der Waals surface area contributed by atoms with Crippen molar-refractivity contribution in [2.24, 2.45) is 4.99 Å². The Morgan fingerprint density at radius 1 is 1.14 bits per heavy atom. The lowest BCUT2D eigenvalue weighted by atomic mass is 10.1. The van der Waals surface area contributed by atoms with Crippen LogP contribution in [0.1, 0.15) is 24.2 Å². The minimum Gasteiger partial charge on any atom is -0.447 e. The van der Waals surface area contributed by atoms with Crippen LogP contribution in [0.3, 0.4) is 0 Å². The summed E-state index contributed by atoms with van der Waals surface area (Å²) in [5.41, 5.74) is 2.86. The number of aryl methyl sites for hydroxylation is 1. The number of anilines is 1. The lowest BCUT2D eigenvalue weighted by Gasteiger charge is -2.18. The topological polar surface area (TPSA) is 115 Å². The Hall–Kier alpha value is -4.74. The highest BCUT2D eigenvalue weighted by Crippen LogP contribution is 2.28. The minimum absolute atomic E-state index is 0.132. The van der Waals surface area contributed by atoms with Crippen LogP contribution in [0.25, 0.3) is 16.7 Å². The van der Waals surface area contributed by atoms with Crippen molar-refractivity contribution in [2.75, 3.05) is 19.4 Å². The number of amides is 1. The molecular weight excluding hydrogens is 484 g/mol. The molecule has 0 aliphatic carbocycles. The number of rotatable bonds is 7. The lowest BCUT2D eigenvalue weighted by molar-refractivity contribution is -0.152. The standard InChI is InChI=1S/C25H23F2N7O3/c1-14-7-19(32-25(36)23(37-15(2)35)16-8-17(26)10-18(27)9-16)5-6-21(14)34-22-20(11-31-34)28-12-29-24(22)30-13-33(3)4/h5-13,23H,1-4H3,(H,32,36)/t23-/m1/s1. The molecule has 1 amide bonds. The molecular formula is C25H23F2N7O3. The number of carbonyl (C=O) groups is 2. The summed E-state index contributed by atoms with van der Waals surface area (Å²) in [6, 6.07) is 7.57. The average molecular weight is 508 g/mol. The van der Waals surface area contributed by atoms with Crippen LogP contribution in [-0.4, -0.2) is 57.0 Å². The van der Waals surface area contributed by atoms with Crippen molar-refractivity contribution in [3.05, 3.63) is 71.7 Å². The van der Waals surface area contributed by atoms with Crippen molar-refractivity contribution >= 4 is 40.8 Å². The zero-order valence-corrected chi connectivity index (χ0v) is 20.4. The second kappa shape index (κ2) is 10.5. The Morgan fingerprint density at radius 2 is 1.86 bits per heavy atom. The first-order valence-electron chi connectivity index (χ1n) is 11.1. The van der Waals surface area contributed by atoms with Gasteiger partial charge in [0.1, 0.15) is 29.0 Å². The highest BCUT2D eigenvalue weighted by atomic mass is 19.1. The first kappa shape index (κ1) is 25.4. The summed E-state index contributed by atoms with van der Waals surface area (Å²) in [6.45, 7) is 2.92. The van der Waals surface area contributed by atoms with E-state index in [0.29, 0.717) is 34.3 Å². The number of nitrogens with one attached hydrogen (secondary N) is 1. The van der Waals surface area contributed by atoms with Crippen molar-refractivity contribution < 1.29 is 23.1 Å². The Kier molecular flexibility index (Phi) is 7.18. The van der Waals surface area contributed by atoms with Crippen LogP contribution in [0.15, 0.2) is 53.9 Å². The zero-order valence-electron chi connectivity index (χ0n) is 20.4. The maximum Gasteiger partial charge on any atom is 0.303 e. The molecule has 190 valence electrons. The van der Waals surface area contributed by atoms with E-state index in [2.05, 4.69) is 25.4 Å². The Labute approximate surface area is 210 Å². The summed E-state index contributed by atoms with van der Waals surface area (Å²) in [4.78, 5) is 39.2. The number of nitrogens with zero attached hydrogens (tertiary/aromatic N) is 6. The molecule has 0 fully saturated rings. The van der Waals surface area contributed by atoms with Gasteiger partial charge >= 0.3 is 5.97 Å². The molecule has 0 aliphatic rings. The van der Waals surface area contributed by atoms with E-state index in [1.54, 1.807) is 40.3 Å². The summed E-state index contributed by atoms with van der Waals surface area (Å²) < 4.78 is 34.2. The first-order chi connectivity index (χ1) is 17.6. The Balaban J connectivity index is 1.65. The van der Waals surface area contributed by atoms with E-state index in [9.17, 15) is 18.4 Å². The molecule has 0 radical (unpaired) electrons. The van der Waals surface area contributed by atoms with Gasteiger partial charge < -0.3 is 15.0 Å². The molecule has 2 heterocycles.